The van der Waals surface area contributed by atoms with Crippen LogP contribution in [0.25, 0.3) is 0 Å². The summed E-state index contributed by atoms with van der Waals surface area (Å²) >= 11 is 3.20. The Kier molecular flexibility index (Phi) is 5.62. The topological polar surface area (TPSA) is 55.1 Å². The lowest BCUT2D eigenvalue weighted by Crippen LogP contribution is -2.27. The minimum absolute atomic E-state index is 0.00961. The van der Waals surface area contributed by atoms with Crippen LogP contribution in [0.5, 0.6) is 0 Å². The third-order valence-electron chi connectivity index (χ3n) is 4.30. The first-order chi connectivity index (χ1) is 9.97. The number of nitrogen functional groups attached to an aromatic ring is 1. The summed E-state index contributed by atoms with van der Waals surface area (Å²) in [6.07, 6.45) is 6.10. The average Bonchev–Trinajstić information content (AvgIpc) is 2.45. The number of amides is 1. The van der Waals surface area contributed by atoms with Crippen LogP contribution in [0.15, 0.2) is 16.6 Å². The minimum Gasteiger partial charge on any atom is -0.396 e. The molecular weight excluding hydrogens is 335 g/mol. The molecule has 1 saturated carbocycles. The Hall–Kier alpha value is -1.10. The van der Waals surface area contributed by atoms with Crippen molar-refractivity contribution in [1.29, 1.82) is 0 Å². The van der Waals surface area contributed by atoms with Crippen LogP contribution in [0.4, 0.5) is 10.1 Å². The lowest BCUT2D eigenvalue weighted by Gasteiger charge is -2.26. The van der Waals surface area contributed by atoms with Gasteiger partial charge in [-0.15, -0.1) is 0 Å². The molecule has 0 saturated heterocycles. The molecule has 1 aliphatic carbocycles. The minimum atomic E-state index is -0.519. The molecule has 1 aliphatic rings. The molecule has 0 radical (unpaired) electrons. The van der Waals surface area contributed by atoms with Crippen molar-refractivity contribution < 1.29 is 9.18 Å². The SMILES string of the molecule is CC1CCC(CCNC(=O)c2cc(N)c(F)cc2Br)CC1. The number of benzene rings is 1. The third-order valence-corrected chi connectivity index (χ3v) is 4.96. The zero-order chi connectivity index (χ0) is 15.4. The summed E-state index contributed by atoms with van der Waals surface area (Å²) in [6.45, 7) is 2.95. The second-order valence-corrected chi connectivity index (χ2v) is 6.88. The quantitative estimate of drug-likeness (QED) is 0.797. The van der Waals surface area contributed by atoms with Gasteiger partial charge in [-0.1, -0.05) is 32.6 Å². The van der Waals surface area contributed by atoms with Crippen LogP contribution in [-0.4, -0.2) is 12.5 Å². The maximum absolute atomic E-state index is 13.3. The summed E-state index contributed by atoms with van der Waals surface area (Å²) in [6, 6.07) is 2.60. The number of nitrogens with two attached hydrogens (primary N) is 1. The molecule has 0 heterocycles. The molecule has 5 heteroatoms. The second-order valence-electron chi connectivity index (χ2n) is 6.02. The van der Waals surface area contributed by atoms with E-state index in [2.05, 4.69) is 28.2 Å². The van der Waals surface area contributed by atoms with Gasteiger partial charge in [-0.25, -0.2) is 4.39 Å². The molecule has 0 bridgehead atoms. The monoisotopic (exact) mass is 356 g/mol. The number of carbonyl (C=O) groups excluding carboxylic acids is 1. The van der Waals surface area contributed by atoms with E-state index in [1.165, 1.54) is 37.8 Å². The predicted molar refractivity (Wildman–Crippen MR) is 86.6 cm³/mol. The van der Waals surface area contributed by atoms with E-state index in [1.807, 2.05) is 0 Å². The molecule has 1 aromatic rings. The third kappa shape index (κ3) is 4.43. The van der Waals surface area contributed by atoms with Crippen molar-refractivity contribution >= 4 is 27.5 Å². The maximum atomic E-state index is 13.3. The van der Waals surface area contributed by atoms with Crippen molar-refractivity contribution in [2.75, 3.05) is 12.3 Å². The number of nitrogens with one attached hydrogen (secondary N) is 1. The lowest BCUT2D eigenvalue weighted by atomic mass is 9.81. The molecule has 116 valence electrons. The summed E-state index contributed by atoms with van der Waals surface area (Å²) < 4.78 is 13.7. The highest BCUT2D eigenvalue weighted by atomic mass is 79.9. The van der Waals surface area contributed by atoms with Gasteiger partial charge in [0.2, 0.25) is 0 Å². The fourth-order valence-electron chi connectivity index (χ4n) is 2.84. The van der Waals surface area contributed by atoms with E-state index in [9.17, 15) is 9.18 Å². The van der Waals surface area contributed by atoms with Gasteiger partial charge < -0.3 is 11.1 Å². The van der Waals surface area contributed by atoms with Crippen molar-refractivity contribution in [2.45, 2.75) is 39.0 Å². The molecule has 2 rings (SSSR count). The van der Waals surface area contributed by atoms with Crippen LogP contribution in [0, 0.1) is 17.7 Å². The first-order valence-corrected chi connectivity index (χ1v) is 8.29. The van der Waals surface area contributed by atoms with Crippen LogP contribution < -0.4 is 11.1 Å². The normalized spacial score (nSPS) is 22.0. The Morgan fingerprint density at radius 3 is 2.71 bits per heavy atom. The fourth-order valence-corrected chi connectivity index (χ4v) is 3.34. The van der Waals surface area contributed by atoms with Gasteiger partial charge in [0.1, 0.15) is 5.82 Å². The van der Waals surface area contributed by atoms with Crippen LogP contribution in [0.3, 0.4) is 0 Å². The average molecular weight is 357 g/mol. The summed E-state index contributed by atoms with van der Waals surface area (Å²) in [5.74, 6) is 0.824. The zero-order valence-electron chi connectivity index (χ0n) is 12.3. The predicted octanol–water partition coefficient (Wildman–Crippen LogP) is 4.12. The van der Waals surface area contributed by atoms with Crippen molar-refractivity contribution in [2.24, 2.45) is 11.8 Å². The number of anilines is 1. The van der Waals surface area contributed by atoms with Crippen molar-refractivity contribution in [3.63, 3.8) is 0 Å². The van der Waals surface area contributed by atoms with Crippen molar-refractivity contribution in [1.82, 2.24) is 5.32 Å². The smallest absolute Gasteiger partial charge is 0.252 e. The second kappa shape index (κ2) is 7.25. The number of rotatable bonds is 4. The van der Waals surface area contributed by atoms with E-state index in [4.69, 9.17) is 5.73 Å². The molecule has 1 fully saturated rings. The van der Waals surface area contributed by atoms with Crippen LogP contribution in [0.2, 0.25) is 0 Å². The number of hydrogen-bond donors (Lipinski definition) is 2. The Labute approximate surface area is 133 Å². The first-order valence-electron chi connectivity index (χ1n) is 7.50. The zero-order valence-corrected chi connectivity index (χ0v) is 13.9. The molecule has 1 amide bonds. The van der Waals surface area contributed by atoms with Crippen LogP contribution in [0.1, 0.15) is 49.4 Å². The van der Waals surface area contributed by atoms with E-state index in [1.54, 1.807) is 0 Å². The highest BCUT2D eigenvalue weighted by molar-refractivity contribution is 9.10. The van der Waals surface area contributed by atoms with Gasteiger partial charge in [-0.2, -0.15) is 0 Å². The summed E-state index contributed by atoms with van der Waals surface area (Å²) in [4.78, 5) is 12.1. The molecule has 21 heavy (non-hydrogen) atoms. The first kappa shape index (κ1) is 16.3. The maximum Gasteiger partial charge on any atom is 0.252 e. The summed E-state index contributed by atoms with van der Waals surface area (Å²) in [5.41, 5.74) is 5.88. The van der Waals surface area contributed by atoms with Gasteiger partial charge in [0, 0.05) is 11.0 Å². The molecule has 0 aromatic heterocycles. The van der Waals surface area contributed by atoms with Gasteiger partial charge in [0.05, 0.1) is 11.3 Å². The van der Waals surface area contributed by atoms with Crippen LogP contribution in [-0.2, 0) is 0 Å². The molecule has 0 unspecified atom stereocenters. The standard InChI is InChI=1S/C16H22BrFN2O/c1-10-2-4-11(5-3-10)6-7-20-16(21)12-8-15(19)14(18)9-13(12)17/h8-11H,2-7,19H2,1H3,(H,20,21). The molecule has 0 atom stereocenters. The Morgan fingerprint density at radius 2 is 2.05 bits per heavy atom. The van der Waals surface area contributed by atoms with Gasteiger partial charge >= 0.3 is 0 Å². The molecule has 1 aromatic carbocycles. The van der Waals surface area contributed by atoms with E-state index < -0.39 is 5.82 Å². The van der Waals surface area contributed by atoms with Gasteiger partial charge in [0.15, 0.2) is 0 Å². The largest absolute Gasteiger partial charge is 0.396 e. The van der Waals surface area contributed by atoms with E-state index >= 15 is 0 Å². The molecule has 0 spiro atoms. The molecule has 3 N–H and O–H groups in total. The molecule has 3 nitrogen and oxygen atoms in total. The summed E-state index contributed by atoms with van der Waals surface area (Å²) in [5, 5.41) is 2.90. The number of halogens is 2. The van der Waals surface area contributed by atoms with Crippen molar-refractivity contribution in [3.05, 3.63) is 28.0 Å². The van der Waals surface area contributed by atoms with E-state index in [0.29, 0.717) is 22.5 Å². The fraction of sp³-hybridized carbons (Fsp3) is 0.562. The lowest BCUT2D eigenvalue weighted by molar-refractivity contribution is 0.0949. The number of carbonyl (C=O) groups is 1. The van der Waals surface area contributed by atoms with Crippen molar-refractivity contribution in [3.8, 4) is 0 Å². The van der Waals surface area contributed by atoms with E-state index in [-0.39, 0.29) is 11.6 Å². The van der Waals surface area contributed by atoms with E-state index in [0.717, 1.165) is 12.3 Å². The summed E-state index contributed by atoms with van der Waals surface area (Å²) in [7, 11) is 0. The molecule has 0 aliphatic heterocycles. The van der Waals surface area contributed by atoms with Gasteiger partial charge in [0.25, 0.3) is 5.91 Å². The number of hydrogen-bond acceptors (Lipinski definition) is 2. The highest BCUT2D eigenvalue weighted by Crippen LogP contribution is 2.30. The highest BCUT2D eigenvalue weighted by Gasteiger charge is 2.18. The Balaban J connectivity index is 1.83. The Bertz CT molecular complexity index is 513. The Morgan fingerprint density at radius 1 is 1.38 bits per heavy atom. The molecular formula is C16H22BrFN2O. The van der Waals surface area contributed by atoms with Gasteiger partial charge in [-0.05, 0) is 46.3 Å². The van der Waals surface area contributed by atoms with Gasteiger partial charge in [-0.3, -0.25) is 4.79 Å². The van der Waals surface area contributed by atoms with Crippen LogP contribution >= 0.6 is 15.9 Å².